The molecule has 2 rings (SSSR count). The van der Waals surface area contributed by atoms with E-state index in [2.05, 4.69) is 35.1 Å². The minimum Gasteiger partial charge on any atom is -0.369 e. The number of carbonyl (C=O) groups is 1. The minimum atomic E-state index is -0.202. The van der Waals surface area contributed by atoms with Gasteiger partial charge in [0.25, 0.3) is 0 Å². The Hall–Kier alpha value is -1.62. The summed E-state index contributed by atoms with van der Waals surface area (Å²) in [6, 6.07) is 2.55. The molecule has 1 aromatic heterocycles. The van der Waals surface area contributed by atoms with Gasteiger partial charge in [-0.05, 0) is 50.9 Å². The van der Waals surface area contributed by atoms with Crippen LogP contribution in [0.2, 0.25) is 0 Å². The highest BCUT2D eigenvalue weighted by molar-refractivity contribution is 5.77. The predicted molar refractivity (Wildman–Crippen MR) is 80.5 cm³/mol. The maximum absolute atomic E-state index is 11.4. The maximum Gasteiger partial charge on any atom is 0.222 e. The number of hydrogen-bond acceptors (Lipinski definition) is 4. The smallest absolute Gasteiger partial charge is 0.222 e. The number of pyridine rings is 1. The largest absolute Gasteiger partial charge is 0.369 e. The van der Waals surface area contributed by atoms with Crippen molar-refractivity contribution >= 4 is 11.7 Å². The van der Waals surface area contributed by atoms with Crippen molar-refractivity contribution in [3.8, 4) is 0 Å². The monoisotopic (exact) mass is 276 g/mol. The first-order valence-corrected chi connectivity index (χ1v) is 7.19. The van der Waals surface area contributed by atoms with Crippen molar-refractivity contribution in [2.45, 2.75) is 39.3 Å². The van der Waals surface area contributed by atoms with Gasteiger partial charge in [0.15, 0.2) is 0 Å². The van der Waals surface area contributed by atoms with E-state index in [-0.39, 0.29) is 11.8 Å². The van der Waals surface area contributed by atoms with Gasteiger partial charge in [0, 0.05) is 25.3 Å². The van der Waals surface area contributed by atoms with Crippen molar-refractivity contribution in [1.29, 1.82) is 0 Å². The highest BCUT2D eigenvalue weighted by atomic mass is 16.1. The molecule has 5 heteroatoms. The Morgan fingerprint density at radius 3 is 2.90 bits per heavy atom. The number of nitrogens with zero attached hydrogens (tertiary/aromatic N) is 2. The van der Waals surface area contributed by atoms with E-state index in [0.717, 1.165) is 30.8 Å². The molecule has 0 aliphatic carbocycles. The van der Waals surface area contributed by atoms with Crippen LogP contribution in [0, 0.1) is 12.8 Å². The normalized spacial score (nSPS) is 22.9. The van der Waals surface area contributed by atoms with Crippen LogP contribution >= 0.6 is 0 Å². The van der Waals surface area contributed by atoms with E-state index in [1.807, 2.05) is 13.2 Å². The SMILES string of the molecule is CNCc1cnc(N2CC(C(N)=O)CCC2C)c(C)c1. The molecule has 0 bridgehead atoms. The lowest BCUT2D eigenvalue weighted by Crippen LogP contribution is -2.46. The van der Waals surface area contributed by atoms with Gasteiger partial charge in [-0.3, -0.25) is 4.79 Å². The lowest BCUT2D eigenvalue weighted by Gasteiger charge is -2.38. The fourth-order valence-corrected chi connectivity index (χ4v) is 2.86. The van der Waals surface area contributed by atoms with Gasteiger partial charge in [-0.15, -0.1) is 0 Å². The number of anilines is 1. The number of rotatable bonds is 4. The molecule has 20 heavy (non-hydrogen) atoms. The first kappa shape index (κ1) is 14.8. The standard InChI is InChI=1S/C15H24N4O/c1-10-6-12(7-17-3)8-18-15(10)19-9-13(14(16)20)5-4-11(19)2/h6,8,11,13,17H,4-5,7,9H2,1-3H3,(H2,16,20). The third-order valence-corrected chi connectivity index (χ3v) is 4.04. The lowest BCUT2D eigenvalue weighted by atomic mass is 9.92. The molecule has 2 heterocycles. The molecule has 2 unspecified atom stereocenters. The summed E-state index contributed by atoms with van der Waals surface area (Å²) < 4.78 is 0. The summed E-state index contributed by atoms with van der Waals surface area (Å²) in [5, 5.41) is 3.13. The van der Waals surface area contributed by atoms with Crippen LogP contribution < -0.4 is 16.0 Å². The number of nitrogens with one attached hydrogen (secondary N) is 1. The Morgan fingerprint density at radius 2 is 2.30 bits per heavy atom. The lowest BCUT2D eigenvalue weighted by molar-refractivity contribution is -0.122. The molecule has 5 nitrogen and oxygen atoms in total. The Morgan fingerprint density at radius 1 is 1.55 bits per heavy atom. The molecule has 110 valence electrons. The van der Waals surface area contributed by atoms with Crippen LogP contribution in [0.1, 0.15) is 30.9 Å². The molecule has 1 aliphatic heterocycles. The number of piperidine rings is 1. The van der Waals surface area contributed by atoms with E-state index in [4.69, 9.17) is 5.73 Å². The molecule has 0 spiro atoms. The summed E-state index contributed by atoms with van der Waals surface area (Å²) in [5.74, 6) is 0.707. The molecule has 0 radical (unpaired) electrons. The Bertz CT molecular complexity index is 489. The Kier molecular flexibility index (Phi) is 4.60. The summed E-state index contributed by atoms with van der Waals surface area (Å²) in [5.41, 5.74) is 7.78. The van der Waals surface area contributed by atoms with Gasteiger partial charge in [0.05, 0.1) is 5.92 Å². The fourth-order valence-electron chi connectivity index (χ4n) is 2.86. The summed E-state index contributed by atoms with van der Waals surface area (Å²) in [6.07, 6.45) is 3.76. The van der Waals surface area contributed by atoms with Crippen molar-refractivity contribution in [3.63, 3.8) is 0 Å². The van der Waals surface area contributed by atoms with E-state index in [0.29, 0.717) is 12.6 Å². The molecular weight excluding hydrogens is 252 g/mol. The van der Waals surface area contributed by atoms with Crippen LogP contribution in [-0.4, -0.2) is 30.5 Å². The number of primary amides is 1. The zero-order chi connectivity index (χ0) is 14.7. The topological polar surface area (TPSA) is 71.2 Å². The second-order valence-electron chi connectivity index (χ2n) is 5.69. The average molecular weight is 276 g/mol. The molecule has 1 saturated heterocycles. The second kappa shape index (κ2) is 6.22. The molecular formula is C15H24N4O. The van der Waals surface area contributed by atoms with E-state index >= 15 is 0 Å². The molecule has 1 amide bonds. The third-order valence-electron chi connectivity index (χ3n) is 4.04. The zero-order valence-electron chi connectivity index (χ0n) is 12.5. The van der Waals surface area contributed by atoms with Gasteiger partial charge >= 0.3 is 0 Å². The fraction of sp³-hybridized carbons (Fsp3) is 0.600. The molecule has 3 N–H and O–H groups in total. The van der Waals surface area contributed by atoms with Gasteiger partial charge in [-0.2, -0.15) is 0 Å². The van der Waals surface area contributed by atoms with Gasteiger partial charge in [-0.1, -0.05) is 0 Å². The first-order chi connectivity index (χ1) is 9.52. The minimum absolute atomic E-state index is 0.0654. The third kappa shape index (κ3) is 3.10. The number of nitrogens with two attached hydrogens (primary N) is 1. The quantitative estimate of drug-likeness (QED) is 0.867. The maximum atomic E-state index is 11.4. The van der Waals surface area contributed by atoms with E-state index < -0.39 is 0 Å². The second-order valence-corrected chi connectivity index (χ2v) is 5.69. The zero-order valence-corrected chi connectivity index (χ0v) is 12.5. The highest BCUT2D eigenvalue weighted by Gasteiger charge is 2.30. The molecule has 1 aromatic rings. The molecule has 0 aromatic carbocycles. The van der Waals surface area contributed by atoms with E-state index in [1.54, 1.807) is 0 Å². The Balaban J connectivity index is 2.22. The summed E-state index contributed by atoms with van der Waals surface area (Å²) in [7, 11) is 1.92. The number of hydrogen-bond donors (Lipinski definition) is 2. The van der Waals surface area contributed by atoms with E-state index in [1.165, 1.54) is 5.56 Å². The molecule has 1 fully saturated rings. The number of amides is 1. The van der Waals surface area contributed by atoms with Crippen LogP contribution in [0.4, 0.5) is 5.82 Å². The van der Waals surface area contributed by atoms with Crippen LogP contribution in [0.15, 0.2) is 12.3 Å². The van der Waals surface area contributed by atoms with E-state index in [9.17, 15) is 4.79 Å². The van der Waals surface area contributed by atoms with Crippen molar-refractivity contribution in [2.24, 2.45) is 11.7 Å². The summed E-state index contributed by atoms with van der Waals surface area (Å²) >= 11 is 0. The summed E-state index contributed by atoms with van der Waals surface area (Å²) in [4.78, 5) is 18.2. The number of aromatic nitrogens is 1. The predicted octanol–water partition coefficient (Wildman–Crippen LogP) is 1.20. The van der Waals surface area contributed by atoms with Gasteiger partial charge in [-0.25, -0.2) is 4.98 Å². The molecule has 0 saturated carbocycles. The van der Waals surface area contributed by atoms with Gasteiger partial charge in [0.2, 0.25) is 5.91 Å². The van der Waals surface area contributed by atoms with Crippen molar-refractivity contribution in [3.05, 3.63) is 23.4 Å². The molecule has 2 atom stereocenters. The van der Waals surface area contributed by atoms with Crippen molar-refractivity contribution < 1.29 is 4.79 Å². The van der Waals surface area contributed by atoms with Crippen LogP contribution in [0.25, 0.3) is 0 Å². The average Bonchev–Trinajstić information content (AvgIpc) is 2.40. The van der Waals surface area contributed by atoms with Gasteiger partial charge in [0.1, 0.15) is 5.82 Å². The van der Waals surface area contributed by atoms with Gasteiger partial charge < -0.3 is 16.0 Å². The van der Waals surface area contributed by atoms with Crippen LogP contribution in [0.5, 0.6) is 0 Å². The van der Waals surface area contributed by atoms with Crippen molar-refractivity contribution in [2.75, 3.05) is 18.5 Å². The highest BCUT2D eigenvalue weighted by Crippen LogP contribution is 2.28. The first-order valence-electron chi connectivity index (χ1n) is 7.19. The molecule has 1 aliphatic rings. The summed E-state index contributed by atoms with van der Waals surface area (Å²) in [6.45, 7) is 5.74. The Labute approximate surface area is 120 Å². The number of carbonyl (C=O) groups excluding carboxylic acids is 1. The van der Waals surface area contributed by atoms with Crippen LogP contribution in [-0.2, 0) is 11.3 Å². The van der Waals surface area contributed by atoms with Crippen molar-refractivity contribution in [1.82, 2.24) is 10.3 Å². The van der Waals surface area contributed by atoms with Crippen LogP contribution in [0.3, 0.4) is 0 Å². The number of aryl methyl sites for hydroxylation is 1.